The van der Waals surface area contributed by atoms with E-state index in [1.54, 1.807) is 0 Å². The molecule has 0 aromatic heterocycles. The molecule has 0 radical (unpaired) electrons. The highest BCUT2D eigenvalue weighted by Gasteiger charge is 2.28. The first kappa shape index (κ1) is 28.4. The van der Waals surface area contributed by atoms with E-state index in [0.29, 0.717) is 0 Å². The van der Waals surface area contributed by atoms with Gasteiger partial charge in [-0.05, 0) is 19.3 Å². The lowest BCUT2D eigenvalue weighted by Gasteiger charge is -2.03. The molecule has 0 aromatic carbocycles. The van der Waals surface area contributed by atoms with Crippen LogP contribution in [0.3, 0.4) is 0 Å². The highest BCUT2D eigenvalue weighted by molar-refractivity contribution is 5.70. The Balaban J connectivity index is 0. The van der Waals surface area contributed by atoms with Crippen molar-refractivity contribution in [3.8, 4) is 0 Å². The second-order valence-electron chi connectivity index (χ2n) is 6.90. The van der Waals surface area contributed by atoms with Gasteiger partial charge < -0.3 is 15.6 Å². The number of alkyl halides is 3. The number of hydrogen-bond donors (Lipinski definition) is 3. The third kappa shape index (κ3) is 27.5. The molecule has 8 heteroatoms. The molecular formula is C19H40F3N3O2. The van der Waals surface area contributed by atoms with Crippen LogP contribution in [-0.2, 0) is 4.79 Å². The number of halogens is 3. The standard InChI is InChI=1S/C17H39N3.C2HF3O2/c18-16-14-12-10-8-6-4-2-1-3-5-7-9-11-13-15-17-20-19;3-2(4,5)1(6)7/h20H,1-19H2;(H,6,7). The van der Waals surface area contributed by atoms with E-state index in [4.69, 9.17) is 15.7 Å². The van der Waals surface area contributed by atoms with E-state index in [2.05, 4.69) is 11.2 Å². The van der Waals surface area contributed by atoms with Crippen molar-refractivity contribution in [2.75, 3.05) is 13.1 Å². The van der Waals surface area contributed by atoms with Crippen molar-refractivity contribution in [2.24, 2.45) is 5.84 Å². The molecule has 5 nitrogen and oxygen atoms in total. The molecule has 0 rings (SSSR count). The fraction of sp³-hybridized carbons (Fsp3) is 0.947. The van der Waals surface area contributed by atoms with E-state index < -0.39 is 12.1 Å². The average molecular weight is 400 g/mol. The molecule has 0 saturated heterocycles. The second kappa shape index (κ2) is 21.4. The summed E-state index contributed by atoms with van der Waals surface area (Å²) in [4.78, 5) is 8.78. The number of rotatable bonds is 17. The van der Waals surface area contributed by atoms with Crippen molar-refractivity contribution < 1.29 is 28.8 Å². The molecule has 0 spiro atoms. The van der Waals surface area contributed by atoms with Crippen molar-refractivity contribution >= 4 is 5.97 Å². The molecule has 0 fully saturated rings. The first-order valence-electron chi connectivity index (χ1n) is 10.4. The Morgan fingerprint density at radius 1 is 0.741 bits per heavy atom. The first-order chi connectivity index (χ1) is 12.9. The Morgan fingerprint density at radius 2 is 1.00 bits per heavy atom. The molecule has 0 aromatic rings. The van der Waals surface area contributed by atoms with Gasteiger partial charge >= 0.3 is 6.18 Å². The highest BCUT2D eigenvalue weighted by atomic mass is 19.4. The Hall–Kier alpha value is -0.860. The number of carbonyl (C=O) groups is 1. The van der Waals surface area contributed by atoms with Crippen LogP contribution in [0.5, 0.6) is 0 Å². The SMILES string of the molecule is NNCCCCCCCCCCCCCCCCC[NH3+].O=C([O-])C(F)(F)F. The number of hydrogen-bond acceptors (Lipinski definition) is 4. The average Bonchev–Trinajstić information content (AvgIpc) is 2.61. The Bertz CT molecular complexity index is 299. The zero-order chi connectivity index (χ0) is 20.8. The normalized spacial score (nSPS) is 11.1. The summed E-state index contributed by atoms with van der Waals surface area (Å²) in [6.45, 7) is 2.08. The van der Waals surface area contributed by atoms with Gasteiger partial charge in [0.15, 0.2) is 0 Å². The monoisotopic (exact) mass is 399 g/mol. The molecule has 0 atom stereocenters. The fourth-order valence-electron chi connectivity index (χ4n) is 2.70. The topological polar surface area (TPSA) is 106 Å². The lowest BCUT2D eigenvalue weighted by Crippen LogP contribution is -2.50. The molecule has 0 bridgehead atoms. The van der Waals surface area contributed by atoms with Gasteiger partial charge in [-0.25, -0.2) is 0 Å². The molecule has 27 heavy (non-hydrogen) atoms. The largest absolute Gasteiger partial charge is 0.542 e. The van der Waals surface area contributed by atoms with Crippen molar-refractivity contribution in [1.82, 2.24) is 5.43 Å². The minimum Gasteiger partial charge on any atom is -0.542 e. The van der Waals surface area contributed by atoms with Gasteiger partial charge in [0.25, 0.3) is 0 Å². The van der Waals surface area contributed by atoms with Crippen LogP contribution in [0.2, 0.25) is 0 Å². The molecule has 0 heterocycles. The van der Waals surface area contributed by atoms with Crippen LogP contribution in [-0.4, -0.2) is 25.2 Å². The predicted octanol–water partition coefficient (Wildman–Crippen LogP) is 2.84. The van der Waals surface area contributed by atoms with E-state index in [1.165, 1.54) is 96.3 Å². The van der Waals surface area contributed by atoms with Gasteiger partial charge in [-0.2, -0.15) is 13.2 Å². The molecule has 0 saturated carbocycles. The maximum Gasteiger partial charge on any atom is 0.430 e. The quantitative estimate of drug-likeness (QED) is 0.199. The number of carbonyl (C=O) groups excluding carboxylic acids is 1. The van der Waals surface area contributed by atoms with Crippen LogP contribution in [0.1, 0.15) is 96.3 Å². The number of unbranched alkanes of at least 4 members (excludes halogenated alkanes) is 14. The van der Waals surface area contributed by atoms with Crippen LogP contribution in [0.25, 0.3) is 0 Å². The van der Waals surface area contributed by atoms with Gasteiger partial charge in [-0.1, -0.05) is 77.0 Å². The second-order valence-corrected chi connectivity index (χ2v) is 6.90. The molecular weight excluding hydrogens is 359 g/mol. The van der Waals surface area contributed by atoms with Gasteiger partial charge in [-0.15, -0.1) is 0 Å². The Kier molecular flexibility index (Phi) is 22.5. The smallest absolute Gasteiger partial charge is 0.430 e. The minimum atomic E-state index is -5.19. The van der Waals surface area contributed by atoms with Gasteiger partial charge in [0.2, 0.25) is 0 Å². The van der Waals surface area contributed by atoms with Crippen molar-refractivity contribution in [3.63, 3.8) is 0 Å². The van der Waals surface area contributed by atoms with Crippen molar-refractivity contribution in [1.29, 1.82) is 0 Å². The lowest BCUT2D eigenvalue weighted by molar-refractivity contribution is -0.368. The minimum absolute atomic E-state index is 0.968. The molecule has 164 valence electrons. The van der Waals surface area contributed by atoms with Crippen molar-refractivity contribution in [3.05, 3.63) is 0 Å². The van der Waals surface area contributed by atoms with E-state index in [9.17, 15) is 13.2 Å². The van der Waals surface area contributed by atoms with Crippen molar-refractivity contribution in [2.45, 2.75) is 102 Å². The zero-order valence-corrected chi connectivity index (χ0v) is 16.8. The van der Waals surface area contributed by atoms with Crippen LogP contribution in [0, 0.1) is 0 Å². The molecule has 6 N–H and O–H groups in total. The summed E-state index contributed by atoms with van der Waals surface area (Å²) >= 11 is 0. The number of nitrogens with two attached hydrogens (primary N) is 1. The number of carboxylic acid groups (broad SMARTS) is 1. The van der Waals surface area contributed by atoms with E-state index in [1.807, 2.05) is 0 Å². The van der Waals surface area contributed by atoms with E-state index >= 15 is 0 Å². The molecule has 0 amide bonds. The maximum absolute atomic E-state index is 10.5. The number of carboxylic acids is 1. The first-order valence-corrected chi connectivity index (χ1v) is 10.4. The highest BCUT2D eigenvalue weighted by Crippen LogP contribution is 2.13. The Morgan fingerprint density at radius 3 is 1.22 bits per heavy atom. The summed E-state index contributed by atoms with van der Waals surface area (Å²) < 4.78 is 31.5. The lowest BCUT2D eigenvalue weighted by atomic mass is 10.0. The third-order valence-corrected chi connectivity index (χ3v) is 4.30. The number of hydrazine groups is 1. The fourth-order valence-corrected chi connectivity index (χ4v) is 2.70. The summed E-state index contributed by atoms with van der Waals surface area (Å²) in [6.07, 6.45) is 15.9. The Labute approximate surface area is 162 Å². The molecule has 0 aliphatic rings. The summed E-state index contributed by atoms with van der Waals surface area (Å²) in [5.74, 6) is 2.23. The predicted molar refractivity (Wildman–Crippen MR) is 100 cm³/mol. The number of quaternary nitrogens is 1. The summed E-state index contributed by atoms with van der Waals surface area (Å²) in [5.41, 5.74) is 6.60. The molecule has 0 aliphatic heterocycles. The third-order valence-electron chi connectivity index (χ3n) is 4.30. The maximum atomic E-state index is 10.5. The van der Waals surface area contributed by atoms with Crippen LogP contribution < -0.4 is 22.1 Å². The number of nitrogens with one attached hydrogen (secondary N) is 1. The van der Waals surface area contributed by atoms with Gasteiger partial charge in [0.05, 0.1) is 6.54 Å². The van der Waals surface area contributed by atoms with Crippen LogP contribution >= 0.6 is 0 Å². The van der Waals surface area contributed by atoms with Crippen LogP contribution in [0.4, 0.5) is 13.2 Å². The van der Waals surface area contributed by atoms with Gasteiger partial charge in [0.1, 0.15) is 5.97 Å². The molecule has 0 aliphatic carbocycles. The van der Waals surface area contributed by atoms with Crippen LogP contribution in [0.15, 0.2) is 0 Å². The zero-order valence-electron chi connectivity index (χ0n) is 16.8. The number of aliphatic carboxylic acids is 1. The summed E-state index contributed by atoms with van der Waals surface area (Å²) in [5, 5.41) is 8.78. The van der Waals surface area contributed by atoms with E-state index in [0.717, 1.165) is 13.1 Å². The van der Waals surface area contributed by atoms with Gasteiger partial charge in [-0.3, -0.25) is 11.3 Å². The summed E-state index contributed by atoms with van der Waals surface area (Å²) in [6, 6.07) is 0. The summed E-state index contributed by atoms with van der Waals surface area (Å²) in [7, 11) is 0. The molecule has 0 unspecified atom stereocenters. The van der Waals surface area contributed by atoms with E-state index in [-0.39, 0.29) is 0 Å². The van der Waals surface area contributed by atoms with Gasteiger partial charge in [0, 0.05) is 6.54 Å².